The Morgan fingerprint density at radius 2 is 1.41 bits per heavy atom. The van der Waals surface area contributed by atoms with Gasteiger partial charge in [0.15, 0.2) is 5.78 Å². The molecule has 0 aromatic rings. The van der Waals surface area contributed by atoms with E-state index in [2.05, 4.69) is 0 Å². The second-order valence-corrected chi connectivity index (χ2v) is 9.69. The van der Waals surface area contributed by atoms with Gasteiger partial charge in [0, 0.05) is 12.5 Å². The number of nitrogens with two attached hydrogens (primary N) is 3. The van der Waals surface area contributed by atoms with Crippen LogP contribution in [-0.2, 0) is 19.2 Å². The van der Waals surface area contributed by atoms with Gasteiger partial charge in [-0.1, -0.05) is 41.5 Å². The summed E-state index contributed by atoms with van der Waals surface area (Å²) in [5.41, 5.74) is 15.1. The molecule has 4 unspecified atom stereocenters. The second-order valence-electron chi connectivity index (χ2n) is 9.69. The maximum atomic E-state index is 13.2. The fourth-order valence-electron chi connectivity index (χ4n) is 3.55. The van der Waals surface area contributed by atoms with E-state index >= 15 is 0 Å². The number of ketones is 1. The molecule has 4 atom stereocenters. The summed E-state index contributed by atoms with van der Waals surface area (Å²) in [5.74, 6) is -5.19. The van der Waals surface area contributed by atoms with Gasteiger partial charge in [0.1, 0.15) is 0 Å². The van der Waals surface area contributed by atoms with Crippen molar-refractivity contribution >= 4 is 23.6 Å². The first kappa shape index (κ1) is 30.1. The van der Waals surface area contributed by atoms with Gasteiger partial charge >= 0.3 is 5.97 Å². The van der Waals surface area contributed by atoms with Crippen LogP contribution in [0.4, 0.5) is 0 Å². The molecule has 2 amide bonds. The van der Waals surface area contributed by atoms with Crippen molar-refractivity contribution in [3.63, 3.8) is 0 Å². The number of carboxylic acid groups (broad SMARTS) is 1. The van der Waals surface area contributed by atoms with Gasteiger partial charge in [0.2, 0.25) is 17.4 Å². The van der Waals surface area contributed by atoms with Crippen molar-refractivity contribution in [2.45, 2.75) is 90.9 Å². The lowest BCUT2D eigenvalue weighted by Crippen LogP contribution is -2.71. The van der Waals surface area contributed by atoms with Crippen molar-refractivity contribution in [2.75, 3.05) is 6.61 Å². The zero-order valence-corrected chi connectivity index (χ0v) is 20.2. The van der Waals surface area contributed by atoms with Crippen LogP contribution in [0.2, 0.25) is 0 Å². The van der Waals surface area contributed by atoms with Crippen molar-refractivity contribution in [3.8, 4) is 0 Å². The predicted octanol–water partition coefficient (Wildman–Crippen LogP) is 0.237. The number of nitrogens with zero attached hydrogens (tertiary/aromatic N) is 1. The molecule has 0 aliphatic carbocycles. The lowest BCUT2D eigenvalue weighted by Gasteiger charge is -2.39. The van der Waals surface area contributed by atoms with Crippen LogP contribution in [0.1, 0.15) is 67.2 Å². The Bertz CT molecular complexity index is 667. The average Bonchev–Trinajstić information content (AvgIpc) is 2.67. The number of amides is 2. The molecule has 0 aromatic carbocycles. The number of imide groups is 1. The first-order valence-corrected chi connectivity index (χ1v) is 11.2. The SMILES string of the molecule is CC(C)CC(N)CCC(=O)N(C(=O)C(N)C(C)C)C(CO)(C(=O)O)C(=O)C(N)CC(C)C. The lowest BCUT2D eigenvalue weighted by molar-refractivity contribution is -0.175. The first-order chi connectivity index (χ1) is 14.6. The Morgan fingerprint density at radius 1 is 0.906 bits per heavy atom. The van der Waals surface area contributed by atoms with Crippen LogP contribution < -0.4 is 17.2 Å². The van der Waals surface area contributed by atoms with Crippen LogP contribution in [0.15, 0.2) is 0 Å². The van der Waals surface area contributed by atoms with Gasteiger partial charge in [-0.05, 0) is 37.0 Å². The van der Waals surface area contributed by atoms with Crippen molar-refractivity contribution in [1.82, 2.24) is 4.90 Å². The number of aliphatic carboxylic acids is 1. The van der Waals surface area contributed by atoms with Gasteiger partial charge in [0.25, 0.3) is 0 Å². The standard InChI is InChI=1S/C22H42N4O6/c1-12(2)9-15(23)7-8-17(28)26(20(30)18(25)14(5)6)22(11-27,21(31)32)19(29)16(24)10-13(3)4/h12-16,18,27H,7-11,23-25H2,1-6H3,(H,31,32). The Kier molecular flexibility index (Phi) is 12.2. The third kappa shape index (κ3) is 7.61. The molecule has 0 aliphatic rings. The van der Waals surface area contributed by atoms with E-state index < -0.39 is 53.7 Å². The molecule has 186 valence electrons. The number of carbonyl (C=O) groups excluding carboxylic acids is 3. The normalized spacial score (nSPS) is 16.5. The van der Waals surface area contributed by atoms with Crippen molar-refractivity contribution in [2.24, 2.45) is 35.0 Å². The van der Waals surface area contributed by atoms with E-state index in [9.17, 15) is 29.4 Å². The molecule has 0 spiro atoms. The van der Waals surface area contributed by atoms with Crippen LogP contribution in [-0.4, -0.2) is 69.0 Å². The van der Waals surface area contributed by atoms with E-state index in [0.29, 0.717) is 11.3 Å². The van der Waals surface area contributed by atoms with Gasteiger partial charge in [-0.25, -0.2) is 4.79 Å². The van der Waals surface area contributed by atoms with Crippen LogP contribution in [0, 0.1) is 17.8 Å². The van der Waals surface area contributed by atoms with Crippen LogP contribution in [0.5, 0.6) is 0 Å². The van der Waals surface area contributed by atoms with Crippen LogP contribution >= 0.6 is 0 Å². The largest absolute Gasteiger partial charge is 0.479 e. The summed E-state index contributed by atoms with van der Waals surface area (Å²) in [4.78, 5) is 52.3. The number of carbonyl (C=O) groups is 4. The van der Waals surface area contributed by atoms with Gasteiger partial charge in [-0.2, -0.15) is 0 Å². The molecule has 32 heavy (non-hydrogen) atoms. The topological polar surface area (TPSA) is 190 Å². The summed E-state index contributed by atoms with van der Waals surface area (Å²) in [5, 5.41) is 20.1. The van der Waals surface area contributed by atoms with Crippen molar-refractivity contribution in [1.29, 1.82) is 0 Å². The van der Waals surface area contributed by atoms with Crippen molar-refractivity contribution < 1.29 is 29.4 Å². The Hall–Kier alpha value is -1.88. The monoisotopic (exact) mass is 458 g/mol. The van der Waals surface area contributed by atoms with Crippen LogP contribution in [0.25, 0.3) is 0 Å². The molecule has 10 nitrogen and oxygen atoms in total. The average molecular weight is 459 g/mol. The fourth-order valence-corrected chi connectivity index (χ4v) is 3.55. The minimum Gasteiger partial charge on any atom is -0.479 e. The molecule has 0 fully saturated rings. The fraction of sp³-hybridized carbons (Fsp3) is 0.818. The quantitative estimate of drug-likeness (QED) is 0.227. The minimum atomic E-state index is -2.86. The first-order valence-electron chi connectivity index (χ1n) is 11.2. The highest BCUT2D eigenvalue weighted by Crippen LogP contribution is 2.25. The lowest BCUT2D eigenvalue weighted by atomic mass is 9.84. The number of Topliss-reactive ketones (excluding diaryl/α,β-unsaturated/α-hetero) is 1. The second kappa shape index (κ2) is 13.0. The summed E-state index contributed by atoms with van der Waals surface area (Å²) in [6, 6.07) is -2.93. The smallest absolute Gasteiger partial charge is 0.340 e. The third-order valence-electron chi connectivity index (χ3n) is 5.41. The van der Waals surface area contributed by atoms with E-state index in [1.165, 1.54) is 0 Å². The summed E-state index contributed by atoms with van der Waals surface area (Å²) >= 11 is 0. The third-order valence-corrected chi connectivity index (χ3v) is 5.41. The summed E-state index contributed by atoms with van der Waals surface area (Å²) in [7, 11) is 0. The molecule has 0 rings (SSSR count). The molecule has 0 radical (unpaired) electrons. The molecular formula is C22H42N4O6. The van der Waals surface area contributed by atoms with Gasteiger partial charge < -0.3 is 27.4 Å². The summed E-state index contributed by atoms with van der Waals surface area (Å²) in [6.45, 7) is 9.44. The van der Waals surface area contributed by atoms with E-state index in [-0.39, 0.29) is 37.1 Å². The van der Waals surface area contributed by atoms with E-state index in [0.717, 1.165) is 0 Å². The summed E-state index contributed by atoms with van der Waals surface area (Å²) < 4.78 is 0. The minimum absolute atomic E-state index is 0.0639. The van der Waals surface area contributed by atoms with E-state index in [1.54, 1.807) is 27.7 Å². The Morgan fingerprint density at radius 3 is 1.78 bits per heavy atom. The Balaban J connectivity index is 6.38. The number of hydrogen-bond donors (Lipinski definition) is 5. The molecule has 0 saturated heterocycles. The number of aliphatic hydroxyl groups excluding tert-OH is 1. The Labute approximate surface area is 190 Å². The number of aliphatic hydroxyl groups is 1. The van der Waals surface area contributed by atoms with Gasteiger partial charge in [-0.15, -0.1) is 0 Å². The van der Waals surface area contributed by atoms with Gasteiger partial charge in [-0.3, -0.25) is 19.3 Å². The van der Waals surface area contributed by atoms with E-state index in [1.807, 2.05) is 13.8 Å². The molecule has 0 heterocycles. The molecule has 10 heteroatoms. The molecule has 0 aromatic heterocycles. The van der Waals surface area contributed by atoms with Gasteiger partial charge in [0.05, 0.1) is 18.7 Å². The molecule has 0 bridgehead atoms. The molecular weight excluding hydrogens is 416 g/mol. The zero-order valence-electron chi connectivity index (χ0n) is 20.2. The number of rotatable bonds is 14. The van der Waals surface area contributed by atoms with Crippen molar-refractivity contribution in [3.05, 3.63) is 0 Å². The van der Waals surface area contributed by atoms with Crippen LogP contribution in [0.3, 0.4) is 0 Å². The number of carboxylic acids is 1. The highest BCUT2D eigenvalue weighted by atomic mass is 16.4. The highest BCUT2D eigenvalue weighted by Gasteiger charge is 2.57. The van der Waals surface area contributed by atoms with E-state index in [4.69, 9.17) is 17.2 Å². The highest BCUT2D eigenvalue weighted by molar-refractivity contribution is 6.17. The predicted molar refractivity (Wildman–Crippen MR) is 121 cm³/mol. The molecule has 0 aliphatic heterocycles. The zero-order chi connectivity index (χ0) is 25.4. The molecule has 8 N–H and O–H groups in total. The summed E-state index contributed by atoms with van der Waals surface area (Å²) in [6.07, 6.45) is 0.617. The number of hydrogen-bond acceptors (Lipinski definition) is 8. The molecule has 0 saturated carbocycles. The maximum Gasteiger partial charge on any atom is 0.340 e. The maximum absolute atomic E-state index is 13.2.